The molecule has 1 heterocycles. The van der Waals surface area contributed by atoms with E-state index in [-0.39, 0.29) is 20.9 Å². The van der Waals surface area contributed by atoms with Gasteiger partial charge in [-0.2, -0.15) is 0 Å². The lowest BCUT2D eigenvalue weighted by molar-refractivity contribution is 0.415. The molecule has 4 aromatic rings. The fourth-order valence-corrected chi connectivity index (χ4v) is 5.38. The number of hydrogen-bond acceptors (Lipinski definition) is 8. The third kappa shape index (κ3) is 6.94. The number of rotatable bonds is 9. The van der Waals surface area contributed by atoms with Crippen molar-refractivity contribution in [3.8, 4) is 5.75 Å². The van der Waals surface area contributed by atoms with Crippen molar-refractivity contribution in [3.63, 3.8) is 0 Å². The van der Waals surface area contributed by atoms with Crippen LogP contribution in [0.25, 0.3) is 0 Å². The molecule has 0 bridgehead atoms. The average Bonchev–Trinajstić information content (AvgIpc) is 2.90. The minimum absolute atomic E-state index is 0.0226. The van der Waals surface area contributed by atoms with Gasteiger partial charge in [-0.25, -0.2) is 31.5 Å². The Labute approximate surface area is 225 Å². The molecular weight excluding hydrogens is 549 g/mol. The highest BCUT2D eigenvalue weighted by Gasteiger charge is 2.16. The van der Waals surface area contributed by atoms with Gasteiger partial charge in [0, 0.05) is 29.5 Å². The number of anilines is 4. The molecule has 3 aromatic carbocycles. The van der Waals surface area contributed by atoms with Crippen molar-refractivity contribution in [2.75, 3.05) is 27.2 Å². The van der Waals surface area contributed by atoms with E-state index in [1.165, 1.54) is 43.8 Å². The summed E-state index contributed by atoms with van der Waals surface area (Å²) in [5.74, 6) is 0.583. The Balaban J connectivity index is 1.34. The summed E-state index contributed by atoms with van der Waals surface area (Å²) in [6.07, 6.45) is 2.86. The first-order valence-electron chi connectivity index (χ1n) is 10.9. The minimum Gasteiger partial charge on any atom is -0.497 e. The predicted octanol–water partition coefficient (Wildman–Crippen LogP) is 3.90. The Kier molecular flexibility index (Phi) is 8.05. The Hall–Kier alpha value is -4.27. The number of methoxy groups -OCH3 is 1. The molecule has 0 saturated carbocycles. The third-order valence-electron chi connectivity index (χ3n) is 4.98. The summed E-state index contributed by atoms with van der Waals surface area (Å²) >= 11 is 5.31. The van der Waals surface area contributed by atoms with Crippen LogP contribution in [0, 0.1) is 0 Å². The van der Waals surface area contributed by atoms with Crippen LogP contribution in [0.5, 0.6) is 5.75 Å². The first-order valence-corrected chi connectivity index (χ1v) is 14.3. The maximum atomic E-state index is 12.7. The van der Waals surface area contributed by atoms with Gasteiger partial charge in [0.2, 0.25) is 5.95 Å². The van der Waals surface area contributed by atoms with Gasteiger partial charge in [0.1, 0.15) is 5.75 Å². The lowest BCUT2D eigenvalue weighted by Gasteiger charge is -2.12. The Bertz CT molecular complexity index is 1610. The van der Waals surface area contributed by atoms with Crippen molar-refractivity contribution in [2.45, 2.75) is 9.79 Å². The average molecular weight is 571 g/mol. The number of benzene rings is 3. The minimum atomic E-state index is -3.86. The van der Waals surface area contributed by atoms with Crippen molar-refractivity contribution in [2.24, 2.45) is 0 Å². The molecule has 0 radical (unpaired) electrons. The standard InChI is InChI=1S/C24H22N6O5S3/c1-35-20-9-3-19(4-10-20)29-37(31,32)21-11-5-17(6-12-21)27-24(36)28-18-7-13-22(14-8-18)38(33,34)30-23-25-15-2-16-26-23/h2-16,29H,1H3,(H,25,26,30)(H2,27,28,36). The van der Waals surface area contributed by atoms with Crippen LogP contribution < -0.4 is 24.8 Å². The molecule has 196 valence electrons. The molecule has 0 unspecified atom stereocenters. The van der Waals surface area contributed by atoms with Gasteiger partial charge in [0.15, 0.2) is 5.11 Å². The van der Waals surface area contributed by atoms with Crippen LogP contribution in [0.1, 0.15) is 0 Å². The van der Waals surface area contributed by atoms with Gasteiger partial charge < -0.3 is 15.4 Å². The lowest BCUT2D eigenvalue weighted by Crippen LogP contribution is -2.19. The summed E-state index contributed by atoms with van der Waals surface area (Å²) in [4.78, 5) is 7.79. The topological polar surface area (TPSA) is 151 Å². The first kappa shape index (κ1) is 26.8. The highest BCUT2D eigenvalue weighted by Crippen LogP contribution is 2.21. The maximum Gasteiger partial charge on any atom is 0.264 e. The van der Waals surface area contributed by atoms with Crippen LogP contribution >= 0.6 is 12.2 Å². The van der Waals surface area contributed by atoms with Crippen LogP contribution in [0.15, 0.2) is 101 Å². The van der Waals surface area contributed by atoms with Gasteiger partial charge >= 0.3 is 0 Å². The number of aromatic nitrogens is 2. The molecule has 38 heavy (non-hydrogen) atoms. The van der Waals surface area contributed by atoms with Gasteiger partial charge in [-0.05, 0) is 91.1 Å². The Morgan fingerprint density at radius 2 is 1.13 bits per heavy atom. The Morgan fingerprint density at radius 3 is 1.61 bits per heavy atom. The monoisotopic (exact) mass is 570 g/mol. The second-order valence-electron chi connectivity index (χ2n) is 7.64. The second-order valence-corrected chi connectivity index (χ2v) is 11.4. The highest BCUT2D eigenvalue weighted by atomic mass is 32.2. The van der Waals surface area contributed by atoms with Crippen LogP contribution in [-0.4, -0.2) is 39.0 Å². The van der Waals surface area contributed by atoms with Crippen LogP contribution in [0.2, 0.25) is 0 Å². The summed E-state index contributed by atoms with van der Waals surface area (Å²) in [7, 11) is -6.12. The maximum absolute atomic E-state index is 12.7. The molecule has 14 heteroatoms. The van der Waals surface area contributed by atoms with Gasteiger partial charge in [-0.15, -0.1) is 0 Å². The molecule has 4 N–H and O–H groups in total. The van der Waals surface area contributed by atoms with Crippen molar-refractivity contribution in [1.82, 2.24) is 9.97 Å². The van der Waals surface area contributed by atoms with E-state index in [1.54, 1.807) is 54.6 Å². The molecule has 0 aliphatic heterocycles. The molecule has 0 atom stereocenters. The van der Waals surface area contributed by atoms with E-state index in [1.807, 2.05) is 0 Å². The van der Waals surface area contributed by atoms with E-state index in [4.69, 9.17) is 17.0 Å². The van der Waals surface area contributed by atoms with Gasteiger partial charge in [-0.1, -0.05) is 0 Å². The Morgan fingerprint density at radius 1 is 0.684 bits per heavy atom. The van der Waals surface area contributed by atoms with E-state index in [0.717, 1.165) is 0 Å². The molecule has 11 nitrogen and oxygen atoms in total. The van der Waals surface area contributed by atoms with Crippen LogP contribution in [0.3, 0.4) is 0 Å². The molecule has 4 rings (SSSR count). The fourth-order valence-electron chi connectivity index (χ4n) is 3.13. The molecule has 0 aliphatic rings. The van der Waals surface area contributed by atoms with E-state index < -0.39 is 20.0 Å². The van der Waals surface area contributed by atoms with E-state index in [0.29, 0.717) is 22.8 Å². The zero-order chi connectivity index (χ0) is 27.2. The normalized spacial score (nSPS) is 11.3. The van der Waals surface area contributed by atoms with E-state index in [2.05, 4.69) is 30.0 Å². The van der Waals surface area contributed by atoms with Gasteiger partial charge in [-0.3, -0.25) is 4.72 Å². The van der Waals surface area contributed by atoms with Crippen LogP contribution in [0.4, 0.5) is 23.0 Å². The largest absolute Gasteiger partial charge is 0.497 e. The van der Waals surface area contributed by atoms with Crippen molar-refractivity contribution in [3.05, 3.63) is 91.3 Å². The fraction of sp³-hybridized carbons (Fsp3) is 0.0417. The quantitative estimate of drug-likeness (QED) is 0.218. The zero-order valence-electron chi connectivity index (χ0n) is 19.8. The SMILES string of the molecule is COc1ccc(NS(=O)(=O)c2ccc(NC(=S)Nc3ccc(S(=O)(=O)Nc4ncccn4)cc3)cc2)cc1. The van der Waals surface area contributed by atoms with E-state index in [9.17, 15) is 16.8 Å². The highest BCUT2D eigenvalue weighted by molar-refractivity contribution is 7.93. The van der Waals surface area contributed by atoms with Gasteiger partial charge in [0.05, 0.1) is 16.9 Å². The summed E-state index contributed by atoms with van der Waals surface area (Å²) < 4.78 is 60.2. The summed E-state index contributed by atoms with van der Waals surface area (Å²) in [6.45, 7) is 0. The number of sulfonamides is 2. The number of hydrogen-bond donors (Lipinski definition) is 4. The van der Waals surface area contributed by atoms with Crippen LogP contribution in [-0.2, 0) is 20.0 Å². The number of nitrogens with one attached hydrogen (secondary N) is 4. The molecule has 1 aromatic heterocycles. The molecule has 0 fully saturated rings. The summed E-state index contributed by atoms with van der Waals surface area (Å²) in [5.41, 5.74) is 1.50. The lowest BCUT2D eigenvalue weighted by atomic mass is 10.3. The molecule has 0 spiro atoms. The number of nitrogens with zero attached hydrogens (tertiary/aromatic N) is 2. The summed E-state index contributed by atoms with van der Waals surface area (Å²) in [5, 5.41) is 6.12. The molecule has 0 amide bonds. The van der Waals surface area contributed by atoms with Crippen molar-refractivity contribution >= 4 is 60.4 Å². The smallest absolute Gasteiger partial charge is 0.264 e. The summed E-state index contributed by atoms with van der Waals surface area (Å²) in [6, 6.07) is 20.0. The van der Waals surface area contributed by atoms with E-state index >= 15 is 0 Å². The molecule has 0 saturated heterocycles. The predicted molar refractivity (Wildman–Crippen MR) is 149 cm³/mol. The third-order valence-corrected chi connectivity index (χ3v) is 7.92. The molecular formula is C24H22N6O5S3. The zero-order valence-corrected chi connectivity index (χ0v) is 22.3. The van der Waals surface area contributed by atoms with Gasteiger partial charge in [0.25, 0.3) is 20.0 Å². The number of ether oxygens (including phenoxy) is 1. The first-order chi connectivity index (χ1) is 18.1. The second kappa shape index (κ2) is 11.4. The van der Waals surface area contributed by atoms with Crippen molar-refractivity contribution < 1.29 is 21.6 Å². The van der Waals surface area contributed by atoms with Crippen molar-refractivity contribution in [1.29, 1.82) is 0 Å². The molecule has 0 aliphatic carbocycles. The number of thiocarbonyl (C=S) groups is 1.